The van der Waals surface area contributed by atoms with Gasteiger partial charge < -0.3 is 59.9 Å². The van der Waals surface area contributed by atoms with Crippen molar-refractivity contribution in [1.29, 1.82) is 0 Å². The predicted octanol–water partition coefficient (Wildman–Crippen LogP) is 18.7. The lowest BCUT2D eigenvalue weighted by Crippen LogP contribution is -2.28. The molecule has 0 aliphatic carbocycles. The van der Waals surface area contributed by atoms with Gasteiger partial charge in [0.15, 0.2) is 0 Å². The molecule has 3 aliphatic rings. The first-order chi connectivity index (χ1) is 47.4. The van der Waals surface area contributed by atoms with Crippen molar-refractivity contribution in [2.75, 3.05) is 28.9 Å². The van der Waals surface area contributed by atoms with Crippen LogP contribution in [0.25, 0.3) is 0 Å². The quantitative estimate of drug-likeness (QED) is 0.0302. The Labute approximate surface area is 587 Å². The maximum Gasteiger partial charge on any atom is 0.124 e. The first kappa shape index (κ1) is 71.9. The molecule has 0 radical (unpaired) electrons. The van der Waals surface area contributed by atoms with Gasteiger partial charge in [0, 0.05) is 71.2 Å². The number of phenolic OH excluding ortho intramolecular Hbond substituents is 4. The third kappa shape index (κ3) is 17.9. The molecular weight excluding hydrogens is 1300 g/mol. The molecule has 5 unspecified atom stereocenters. The summed E-state index contributed by atoms with van der Waals surface area (Å²) in [7, 11) is 3.15. The summed E-state index contributed by atoms with van der Waals surface area (Å²) < 4.78 is 50.0. The molecule has 9 aromatic rings. The maximum atomic E-state index is 13.2. The molecule has 3 saturated heterocycles. The Morgan fingerprint density at radius 1 is 0.378 bits per heavy atom. The zero-order chi connectivity index (χ0) is 69.4. The van der Waals surface area contributed by atoms with Gasteiger partial charge in [0.2, 0.25) is 0 Å². The van der Waals surface area contributed by atoms with Gasteiger partial charge in [0.1, 0.15) is 51.9 Å². The fourth-order valence-corrected chi connectivity index (χ4v) is 15.2. The van der Waals surface area contributed by atoms with E-state index in [0.717, 1.165) is 100 Å². The summed E-state index contributed by atoms with van der Waals surface area (Å²) in [5, 5.41) is 73.6. The van der Waals surface area contributed by atoms with Gasteiger partial charge >= 0.3 is 0 Å². The van der Waals surface area contributed by atoms with Crippen molar-refractivity contribution in [2.45, 2.75) is 113 Å². The monoisotopic (exact) mass is 1380 g/mol. The Kier molecular flexibility index (Phi) is 25.0. The van der Waals surface area contributed by atoms with Gasteiger partial charge in [-0.25, -0.2) is 13.2 Å². The minimum atomic E-state index is -0.658. The summed E-state index contributed by atoms with van der Waals surface area (Å²) >= 11 is 17.3. The van der Waals surface area contributed by atoms with Crippen molar-refractivity contribution in [2.24, 2.45) is 17.8 Å². The molecule has 0 amide bonds. The van der Waals surface area contributed by atoms with Crippen LogP contribution in [0.5, 0.6) is 34.5 Å². The first-order valence-corrected chi connectivity index (χ1v) is 34.3. The van der Waals surface area contributed by atoms with Crippen LogP contribution in [0.3, 0.4) is 0 Å². The smallest absolute Gasteiger partial charge is 0.124 e. The molecule has 3 aliphatic heterocycles. The topological polar surface area (TPSA) is 170 Å². The minimum absolute atomic E-state index is 0.0112. The number of aliphatic hydroxyl groups is 3. The molecule has 0 spiro atoms. The zero-order valence-electron chi connectivity index (χ0n) is 54.6. The lowest BCUT2D eigenvalue weighted by Gasteiger charge is -2.31. The predicted molar refractivity (Wildman–Crippen MR) is 392 cm³/mol. The molecule has 0 bridgehead atoms. The number of para-hydroxylation sites is 3. The van der Waals surface area contributed by atoms with E-state index in [9.17, 15) is 48.9 Å². The summed E-state index contributed by atoms with van der Waals surface area (Å²) in [4.78, 5) is 8.84. The number of aromatic hydroxyl groups is 4. The van der Waals surface area contributed by atoms with Crippen LogP contribution >= 0.6 is 36.7 Å². The number of methoxy groups -OCH3 is 2. The highest BCUT2D eigenvalue weighted by atomic mass is 32.1. The van der Waals surface area contributed by atoms with Gasteiger partial charge in [0.25, 0.3) is 0 Å². The van der Waals surface area contributed by atoms with Crippen LogP contribution in [0.15, 0.2) is 218 Å². The van der Waals surface area contributed by atoms with Crippen molar-refractivity contribution in [3.05, 3.63) is 269 Å². The Morgan fingerprint density at radius 3 is 0.918 bits per heavy atom. The van der Waals surface area contributed by atoms with Crippen LogP contribution < -0.4 is 24.2 Å². The molecule has 3 fully saturated rings. The molecule has 0 aromatic heterocycles. The van der Waals surface area contributed by atoms with Crippen LogP contribution in [-0.4, -0.2) is 64.9 Å². The first-order valence-electron chi connectivity index (χ1n) is 33.1. The van der Waals surface area contributed by atoms with Gasteiger partial charge in [-0.3, -0.25) is 0 Å². The SMILES string of the molecule is COc1ccc([C@@H]2[C@@H](CCCC(O)c3ccc(F)cc3)CC(=S)N2c2ccccc2)c(O)c1.COc1ccc([C@@H]2[C@@H](CCCC(O)c3ccc(F)cc3)CC(=S)N2c2ccccc2)c(O)c1.Oc1ccc(C2C(CCCC(O)c3ccc(F)cc3)CC(=S)N2c2ccccc2)c(O)c1. The molecule has 12 nitrogen and oxygen atoms in total. The highest BCUT2D eigenvalue weighted by molar-refractivity contribution is 7.81. The number of rotatable bonds is 23. The largest absolute Gasteiger partial charge is 0.508 e. The number of thiocarbonyl (C=S) groups is 3. The number of hydrogen-bond acceptors (Lipinski definition) is 12. The fraction of sp³-hybridized carbons (Fsp3) is 0.287. The molecule has 12 rings (SSSR count). The lowest BCUT2D eigenvalue weighted by molar-refractivity contribution is 0.160. The van der Waals surface area contributed by atoms with E-state index in [0.29, 0.717) is 53.9 Å². The standard InChI is InChI=1S/2C27H28FNO3S.C26H26FNO3S/c2*1-32-22-14-15-23(25(31)17-22)27-19(16-26(33)29(27)21-7-3-2-4-8-21)6-5-9-24(30)18-10-12-20(28)13-11-18;27-19-11-9-17(10-12-19)23(30)8-4-5-18-15-25(32)28(20-6-2-1-3-7-20)26(18)22-14-13-21(29)16-24(22)31/h2*2-4,7-8,10-15,17,19,24,27,30-31H,5-6,9,16H2,1H3;1-3,6-7,9-14,16,18,23,26,29-31H,4-5,8,15H2/t2*19-,24?,27-;/m00./s1. The average molecular weight is 1380 g/mol. The van der Waals surface area contributed by atoms with Crippen LogP contribution in [-0.2, 0) is 0 Å². The van der Waals surface area contributed by atoms with Crippen molar-refractivity contribution in [3.8, 4) is 34.5 Å². The number of ether oxygens (including phenoxy) is 2. The molecule has 3 heterocycles. The molecule has 510 valence electrons. The number of halogens is 3. The third-order valence-electron chi connectivity index (χ3n) is 18.8. The summed E-state index contributed by atoms with van der Waals surface area (Å²) in [6, 6.07) is 62.8. The van der Waals surface area contributed by atoms with Crippen molar-refractivity contribution >= 4 is 68.7 Å². The summed E-state index contributed by atoms with van der Waals surface area (Å²) in [6.45, 7) is 0. The number of benzene rings is 9. The van der Waals surface area contributed by atoms with Gasteiger partial charge in [-0.1, -0.05) is 147 Å². The van der Waals surface area contributed by atoms with Gasteiger partial charge in [0.05, 0.1) is 65.6 Å². The lowest BCUT2D eigenvalue weighted by atomic mass is 9.88. The van der Waals surface area contributed by atoms with E-state index in [1.165, 1.54) is 42.5 Å². The summed E-state index contributed by atoms with van der Waals surface area (Å²) in [5.74, 6) is 1.16. The number of aliphatic hydroxyl groups excluding tert-OH is 3. The van der Waals surface area contributed by atoms with Gasteiger partial charge in [-0.2, -0.15) is 0 Å². The van der Waals surface area contributed by atoms with Crippen molar-refractivity contribution in [3.63, 3.8) is 0 Å². The molecular formula is C80H82F3N3O9S3. The molecule has 0 saturated carbocycles. The van der Waals surface area contributed by atoms with Crippen LogP contribution in [0.4, 0.5) is 30.2 Å². The van der Waals surface area contributed by atoms with Gasteiger partial charge in [-0.15, -0.1) is 0 Å². The van der Waals surface area contributed by atoms with Crippen LogP contribution in [0, 0.1) is 35.2 Å². The maximum absolute atomic E-state index is 13.2. The van der Waals surface area contributed by atoms with Crippen LogP contribution in [0.1, 0.15) is 147 Å². The van der Waals surface area contributed by atoms with E-state index in [1.807, 2.05) is 115 Å². The van der Waals surface area contributed by atoms with Crippen LogP contribution in [0.2, 0.25) is 0 Å². The summed E-state index contributed by atoms with van der Waals surface area (Å²) in [5.41, 5.74) is 7.42. The van der Waals surface area contributed by atoms with E-state index in [1.54, 1.807) is 74.9 Å². The second-order valence-electron chi connectivity index (χ2n) is 25.1. The second kappa shape index (κ2) is 34.1. The van der Waals surface area contributed by atoms with E-state index < -0.39 is 18.3 Å². The third-order valence-corrected chi connectivity index (χ3v) is 19.9. The minimum Gasteiger partial charge on any atom is -0.508 e. The number of phenols is 4. The van der Waals surface area contributed by atoms with E-state index >= 15 is 0 Å². The fourth-order valence-electron chi connectivity index (χ4n) is 13.9. The Bertz CT molecular complexity index is 3910. The Morgan fingerprint density at radius 2 is 0.653 bits per heavy atom. The number of hydrogen-bond donors (Lipinski definition) is 7. The normalized spacial score (nSPS) is 19.1. The highest BCUT2D eigenvalue weighted by Gasteiger charge is 2.43. The average Bonchev–Trinajstić information content (AvgIpc) is 1.60. The molecule has 9 aromatic carbocycles. The van der Waals surface area contributed by atoms with E-state index in [2.05, 4.69) is 14.7 Å². The molecule has 18 heteroatoms. The van der Waals surface area contributed by atoms with Gasteiger partial charge in [-0.05, 0) is 182 Å². The van der Waals surface area contributed by atoms with Crippen molar-refractivity contribution in [1.82, 2.24) is 0 Å². The molecule has 7 N–H and O–H groups in total. The van der Waals surface area contributed by atoms with Crippen molar-refractivity contribution < 1.29 is 58.4 Å². The Balaban J connectivity index is 0.000000159. The van der Waals surface area contributed by atoms with E-state index in [-0.39, 0.29) is 76.3 Å². The number of nitrogens with zero attached hydrogens (tertiary/aromatic N) is 3. The summed E-state index contributed by atoms with van der Waals surface area (Å²) in [6.07, 6.45) is 6.68. The highest BCUT2D eigenvalue weighted by Crippen LogP contribution is 2.51. The number of anilines is 3. The van der Waals surface area contributed by atoms with E-state index in [4.69, 9.17) is 46.1 Å². The second-order valence-corrected chi connectivity index (χ2v) is 26.5. The molecule has 9 atom stereocenters. The molecule has 98 heavy (non-hydrogen) atoms. The Hall–Kier alpha value is -8.88. The zero-order valence-corrected chi connectivity index (χ0v) is 57.1.